The molecule has 1 heterocycles. The molecule has 0 unspecified atom stereocenters. The van der Waals surface area contributed by atoms with Crippen LogP contribution < -0.4 is 5.73 Å². The number of carboxylic acid groups (broad SMARTS) is 1. The van der Waals surface area contributed by atoms with Crippen LogP contribution in [0.5, 0.6) is 0 Å². The van der Waals surface area contributed by atoms with E-state index in [2.05, 4.69) is 4.98 Å². The molecule has 0 atom stereocenters. The van der Waals surface area contributed by atoms with Gasteiger partial charge in [0, 0.05) is 5.56 Å². The van der Waals surface area contributed by atoms with Crippen molar-refractivity contribution in [2.75, 3.05) is 5.73 Å². The smallest absolute Gasteiger partial charge is 0.348 e. The second kappa shape index (κ2) is 4.11. The Morgan fingerprint density at radius 1 is 1.44 bits per heavy atom. The molecule has 1 aromatic heterocycles. The highest BCUT2D eigenvalue weighted by Gasteiger charge is 2.19. The quantitative estimate of drug-likeness (QED) is 0.864. The molecular weight excluding hydrogens is 248 g/mol. The summed E-state index contributed by atoms with van der Waals surface area (Å²) >= 11 is 6.91. The number of thiazole rings is 1. The molecule has 0 saturated heterocycles. The standard InChI is InChI=1S/C10H7ClN2O2S/c11-6-4-2-1-3-5(6)7-8(9(14)15)16-10(12)13-7/h1-4H,(H2,12,13)(H,14,15). The fraction of sp³-hybridized carbons (Fsp3) is 0. The molecule has 0 saturated carbocycles. The summed E-state index contributed by atoms with van der Waals surface area (Å²) in [5.74, 6) is -1.05. The molecule has 6 heteroatoms. The average molecular weight is 255 g/mol. The molecule has 0 spiro atoms. The third-order valence-electron chi connectivity index (χ3n) is 1.97. The summed E-state index contributed by atoms with van der Waals surface area (Å²) in [6, 6.07) is 6.92. The van der Waals surface area contributed by atoms with Gasteiger partial charge in [0.2, 0.25) is 0 Å². The Balaban J connectivity index is 2.64. The molecule has 0 fully saturated rings. The Morgan fingerprint density at radius 3 is 2.75 bits per heavy atom. The van der Waals surface area contributed by atoms with Crippen LogP contribution in [-0.4, -0.2) is 16.1 Å². The normalized spacial score (nSPS) is 10.3. The van der Waals surface area contributed by atoms with Gasteiger partial charge in [-0.1, -0.05) is 41.1 Å². The van der Waals surface area contributed by atoms with Crippen LogP contribution in [0.3, 0.4) is 0 Å². The van der Waals surface area contributed by atoms with Gasteiger partial charge in [-0.15, -0.1) is 0 Å². The minimum Gasteiger partial charge on any atom is -0.477 e. The van der Waals surface area contributed by atoms with Gasteiger partial charge in [-0.25, -0.2) is 9.78 Å². The summed E-state index contributed by atoms with van der Waals surface area (Å²) in [6.45, 7) is 0. The highest BCUT2D eigenvalue weighted by Crippen LogP contribution is 2.33. The van der Waals surface area contributed by atoms with E-state index in [1.807, 2.05) is 0 Å². The molecule has 0 aliphatic rings. The SMILES string of the molecule is Nc1nc(-c2ccccc2Cl)c(C(=O)O)s1. The van der Waals surface area contributed by atoms with E-state index < -0.39 is 5.97 Å². The minimum atomic E-state index is -1.05. The van der Waals surface area contributed by atoms with E-state index in [1.54, 1.807) is 24.3 Å². The first-order valence-corrected chi connectivity index (χ1v) is 5.53. The van der Waals surface area contributed by atoms with Gasteiger partial charge >= 0.3 is 5.97 Å². The second-order valence-electron chi connectivity index (χ2n) is 3.01. The van der Waals surface area contributed by atoms with Gasteiger partial charge in [0.1, 0.15) is 4.88 Å². The zero-order chi connectivity index (χ0) is 11.7. The number of aromatic carboxylic acids is 1. The van der Waals surface area contributed by atoms with Crippen LogP contribution in [0.25, 0.3) is 11.3 Å². The second-order valence-corrected chi connectivity index (χ2v) is 4.45. The van der Waals surface area contributed by atoms with Gasteiger partial charge in [0.15, 0.2) is 5.13 Å². The van der Waals surface area contributed by atoms with Gasteiger partial charge < -0.3 is 10.8 Å². The fourth-order valence-electron chi connectivity index (χ4n) is 1.32. The predicted octanol–water partition coefficient (Wildman–Crippen LogP) is 2.74. The van der Waals surface area contributed by atoms with Crippen LogP contribution in [0.15, 0.2) is 24.3 Å². The van der Waals surface area contributed by atoms with Crippen molar-refractivity contribution in [2.24, 2.45) is 0 Å². The third-order valence-corrected chi connectivity index (χ3v) is 3.17. The van der Waals surface area contributed by atoms with Gasteiger partial charge in [-0.3, -0.25) is 0 Å². The number of hydrogen-bond acceptors (Lipinski definition) is 4. The van der Waals surface area contributed by atoms with Crippen LogP contribution >= 0.6 is 22.9 Å². The molecule has 4 nitrogen and oxygen atoms in total. The Labute approximate surface area is 100 Å². The number of benzene rings is 1. The van der Waals surface area contributed by atoms with Crippen LogP contribution in [0.2, 0.25) is 5.02 Å². The number of nitrogens with zero attached hydrogens (tertiary/aromatic N) is 1. The summed E-state index contributed by atoms with van der Waals surface area (Å²) in [7, 11) is 0. The molecule has 2 aromatic rings. The lowest BCUT2D eigenvalue weighted by Crippen LogP contribution is -1.95. The van der Waals surface area contributed by atoms with E-state index >= 15 is 0 Å². The maximum Gasteiger partial charge on any atom is 0.348 e. The number of nitrogen functional groups attached to an aromatic ring is 1. The van der Waals surface area contributed by atoms with Gasteiger partial charge in [0.05, 0.1) is 10.7 Å². The van der Waals surface area contributed by atoms with Crippen LogP contribution in [0.1, 0.15) is 9.67 Å². The first-order valence-electron chi connectivity index (χ1n) is 4.34. The monoisotopic (exact) mass is 254 g/mol. The summed E-state index contributed by atoms with van der Waals surface area (Å²) in [5, 5.41) is 9.67. The van der Waals surface area contributed by atoms with Crippen molar-refractivity contribution in [3.05, 3.63) is 34.2 Å². The highest BCUT2D eigenvalue weighted by molar-refractivity contribution is 7.17. The number of halogens is 1. The van der Waals surface area contributed by atoms with E-state index in [0.29, 0.717) is 16.3 Å². The molecule has 2 rings (SSSR count). The topological polar surface area (TPSA) is 76.2 Å². The van der Waals surface area contributed by atoms with Crippen LogP contribution in [0, 0.1) is 0 Å². The number of nitrogens with two attached hydrogens (primary N) is 1. The molecule has 82 valence electrons. The number of hydrogen-bond donors (Lipinski definition) is 2. The first-order chi connectivity index (χ1) is 7.59. The minimum absolute atomic E-state index is 0.102. The lowest BCUT2D eigenvalue weighted by atomic mass is 10.1. The van der Waals surface area contributed by atoms with Gasteiger partial charge in [-0.05, 0) is 6.07 Å². The summed E-state index contributed by atoms with van der Waals surface area (Å²) in [5.41, 5.74) is 6.40. The van der Waals surface area contributed by atoms with Gasteiger partial charge in [-0.2, -0.15) is 0 Å². The Kier molecular flexibility index (Phi) is 2.80. The predicted molar refractivity (Wildman–Crippen MR) is 63.9 cm³/mol. The van der Waals surface area contributed by atoms with Gasteiger partial charge in [0.25, 0.3) is 0 Å². The summed E-state index contributed by atoms with van der Waals surface area (Å²) in [4.78, 5) is 15.1. The molecule has 16 heavy (non-hydrogen) atoms. The number of carboxylic acids is 1. The number of anilines is 1. The molecule has 0 bridgehead atoms. The zero-order valence-electron chi connectivity index (χ0n) is 7.98. The number of aromatic nitrogens is 1. The van der Waals surface area contributed by atoms with Crippen molar-refractivity contribution in [1.29, 1.82) is 0 Å². The van der Waals surface area contributed by atoms with Crippen molar-refractivity contribution in [3.63, 3.8) is 0 Å². The molecule has 3 N–H and O–H groups in total. The van der Waals surface area contributed by atoms with E-state index in [1.165, 1.54) is 0 Å². The largest absolute Gasteiger partial charge is 0.477 e. The number of carbonyl (C=O) groups is 1. The maximum atomic E-state index is 11.0. The van der Waals surface area contributed by atoms with Crippen LogP contribution in [-0.2, 0) is 0 Å². The Morgan fingerprint density at radius 2 is 2.12 bits per heavy atom. The molecule has 0 aliphatic carbocycles. The van der Waals surface area contributed by atoms with Crippen molar-refractivity contribution in [1.82, 2.24) is 4.98 Å². The fourth-order valence-corrected chi connectivity index (χ4v) is 2.23. The van der Waals surface area contributed by atoms with Crippen molar-refractivity contribution in [3.8, 4) is 11.3 Å². The average Bonchev–Trinajstić information content (AvgIpc) is 2.61. The van der Waals surface area contributed by atoms with Crippen molar-refractivity contribution < 1.29 is 9.90 Å². The van der Waals surface area contributed by atoms with Crippen molar-refractivity contribution >= 4 is 34.0 Å². The molecular formula is C10H7ClN2O2S. The Bertz CT molecular complexity index is 554. The number of rotatable bonds is 2. The van der Waals surface area contributed by atoms with Crippen LogP contribution in [0.4, 0.5) is 5.13 Å². The van der Waals surface area contributed by atoms with E-state index in [9.17, 15) is 4.79 Å². The first kappa shape index (κ1) is 10.9. The summed E-state index contributed by atoms with van der Waals surface area (Å²) < 4.78 is 0. The lowest BCUT2D eigenvalue weighted by molar-refractivity contribution is 0.0702. The van der Waals surface area contributed by atoms with E-state index in [0.717, 1.165) is 11.3 Å². The van der Waals surface area contributed by atoms with Crippen molar-refractivity contribution in [2.45, 2.75) is 0 Å². The molecule has 0 radical (unpaired) electrons. The highest BCUT2D eigenvalue weighted by atomic mass is 35.5. The molecule has 1 aromatic carbocycles. The zero-order valence-corrected chi connectivity index (χ0v) is 9.55. The molecule has 0 aliphatic heterocycles. The third kappa shape index (κ3) is 1.87. The van der Waals surface area contributed by atoms with E-state index in [-0.39, 0.29) is 10.0 Å². The maximum absolute atomic E-state index is 11.0. The molecule has 0 amide bonds. The van der Waals surface area contributed by atoms with E-state index in [4.69, 9.17) is 22.4 Å². The summed E-state index contributed by atoms with van der Waals surface area (Å²) in [6.07, 6.45) is 0. The lowest BCUT2D eigenvalue weighted by Gasteiger charge is -2.00. The Hall–Kier alpha value is -1.59.